The first-order chi connectivity index (χ1) is 12.2. The summed E-state index contributed by atoms with van der Waals surface area (Å²) in [5, 5.41) is 1.67. The van der Waals surface area contributed by atoms with E-state index in [1.165, 1.54) is 28.8 Å². The molecule has 2 aromatic heterocycles. The van der Waals surface area contributed by atoms with E-state index in [1.54, 1.807) is 27.7 Å². The minimum absolute atomic E-state index is 0.110. The van der Waals surface area contributed by atoms with Crippen molar-refractivity contribution in [2.24, 2.45) is 7.05 Å². The van der Waals surface area contributed by atoms with E-state index in [1.807, 2.05) is 25.2 Å². The lowest BCUT2D eigenvalue weighted by Crippen LogP contribution is -2.20. The molecule has 0 fully saturated rings. The molecule has 25 heavy (non-hydrogen) atoms. The number of nitrogens with zero attached hydrogens (tertiary/aromatic N) is 2. The maximum absolute atomic E-state index is 12.8. The zero-order valence-corrected chi connectivity index (χ0v) is 15.8. The normalized spacial score (nSPS) is 14.3. The van der Waals surface area contributed by atoms with Crippen molar-refractivity contribution in [2.75, 3.05) is 5.75 Å². The van der Waals surface area contributed by atoms with E-state index >= 15 is 0 Å². The number of aromatic nitrogens is 2. The van der Waals surface area contributed by atoms with Crippen molar-refractivity contribution >= 4 is 39.4 Å². The molecule has 1 aliphatic rings. The SMILES string of the molecule is Cn1c(SC/C=C/c2ccccc2)nc2sc3c(c2c1=O)CCCC3. The maximum atomic E-state index is 12.8. The maximum Gasteiger partial charge on any atom is 0.262 e. The third-order valence-electron chi connectivity index (χ3n) is 4.57. The summed E-state index contributed by atoms with van der Waals surface area (Å²) in [6.45, 7) is 0. The summed E-state index contributed by atoms with van der Waals surface area (Å²) >= 11 is 3.33. The van der Waals surface area contributed by atoms with Crippen LogP contribution in [0.15, 0.2) is 46.4 Å². The van der Waals surface area contributed by atoms with E-state index in [-0.39, 0.29) is 5.56 Å². The van der Waals surface area contributed by atoms with Crippen LogP contribution in [0.1, 0.15) is 28.8 Å². The van der Waals surface area contributed by atoms with Gasteiger partial charge in [0.15, 0.2) is 5.16 Å². The van der Waals surface area contributed by atoms with Gasteiger partial charge in [0, 0.05) is 17.7 Å². The topological polar surface area (TPSA) is 34.9 Å². The van der Waals surface area contributed by atoms with Crippen LogP contribution in [0.3, 0.4) is 0 Å². The van der Waals surface area contributed by atoms with Crippen molar-refractivity contribution in [3.63, 3.8) is 0 Å². The Bertz CT molecular complexity index is 986. The van der Waals surface area contributed by atoms with Gasteiger partial charge in [-0.1, -0.05) is 54.2 Å². The van der Waals surface area contributed by atoms with E-state index < -0.39 is 0 Å². The van der Waals surface area contributed by atoms with Crippen molar-refractivity contribution in [2.45, 2.75) is 30.8 Å². The summed E-state index contributed by atoms with van der Waals surface area (Å²) in [7, 11) is 1.84. The molecule has 5 heteroatoms. The fourth-order valence-electron chi connectivity index (χ4n) is 3.27. The molecule has 0 aliphatic heterocycles. The van der Waals surface area contributed by atoms with E-state index in [2.05, 4.69) is 24.3 Å². The molecule has 4 rings (SSSR count). The second-order valence-corrected chi connectivity index (χ2v) is 8.34. The van der Waals surface area contributed by atoms with Crippen LogP contribution < -0.4 is 5.56 Å². The van der Waals surface area contributed by atoms with Crippen molar-refractivity contribution in [3.05, 3.63) is 62.8 Å². The highest BCUT2D eigenvalue weighted by Gasteiger charge is 2.21. The molecule has 3 aromatic rings. The minimum atomic E-state index is 0.110. The summed E-state index contributed by atoms with van der Waals surface area (Å²) in [6, 6.07) is 10.2. The molecule has 1 aliphatic carbocycles. The first kappa shape index (κ1) is 16.6. The molecule has 3 nitrogen and oxygen atoms in total. The van der Waals surface area contributed by atoms with Crippen LogP contribution in [0.2, 0.25) is 0 Å². The third-order valence-corrected chi connectivity index (χ3v) is 6.74. The van der Waals surface area contributed by atoms with Gasteiger partial charge in [-0.25, -0.2) is 4.98 Å². The number of fused-ring (bicyclic) bond motifs is 3. The summed E-state index contributed by atoms with van der Waals surface area (Å²) in [5.41, 5.74) is 2.56. The molecule has 0 spiro atoms. The Morgan fingerprint density at radius 2 is 2.04 bits per heavy atom. The van der Waals surface area contributed by atoms with Crippen LogP contribution in [0.5, 0.6) is 0 Å². The Kier molecular flexibility index (Phi) is 4.77. The van der Waals surface area contributed by atoms with Gasteiger partial charge in [0.05, 0.1) is 5.39 Å². The lowest BCUT2D eigenvalue weighted by molar-refractivity contribution is 0.695. The average molecular weight is 369 g/mol. The molecular formula is C20H20N2OS2. The largest absolute Gasteiger partial charge is 0.290 e. The Hall–Kier alpha value is -1.85. The monoisotopic (exact) mass is 368 g/mol. The highest BCUT2D eigenvalue weighted by molar-refractivity contribution is 7.99. The van der Waals surface area contributed by atoms with E-state index in [0.29, 0.717) is 0 Å². The highest BCUT2D eigenvalue weighted by atomic mass is 32.2. The molecule has 1 aromatic carbocycles. The number of hydrogen-bond acceptors (Lipinski definition) is 4. The zero-order chi connectivity index (χ0) is 17.2. The Morgan fingerprint density at radius 3 is 2.88 bits per heavy atom. The van der Waals surface area contributed by atoms with Crippen LogP contribution in [0, 0.1) is 0 Å². The number of aryl methyl sites for hydroxylation is 2. The molecule has 0 N–H and O–H groups in total. The lowest BCUT2D eigenvalue weighted by Gasteiger charge is -2.10. The van der Waals surface area contributed by atoms with E-state index in [4.69, 9.17) is 4.98 Å². The number of thioether (sulfide) groups is 1. The van der Waals surface area contributed by atoms with Gasteiger partial charge < -0.3 is 0 Å². The van der Waals surface area contributed by atoms with E-state index in [0.717, 1.165) is 34.0 Å². The van der Waals surface area contributed by atoms with E-state index in [9.17, 15) is 4.79 Å². The number of rotatable bonds is 4. The van der Waals surface area contributed by atoms with Crippen LogP contribution in [0.25, 0.3) is 16.3 Å². The molecule has 0 atom stereocenters. The van der Waals surface area contributed by atoms with Crippen molar-refractivity contribution < 1.29 is 0 Å². The highest BCUT2D eigenvalue weighted by Crippen LogP contribution is 2.34. The van der Waals surface area contributed by atoms with Crippen molar-refractivity contribution in [3.8, 4) is 0 Å². The molecule has 0 amide bonds. The number of hydrogen-bond donors (Lipinski definition) is 0. The minimum Gasteiger partial charge on any atom is -0.290 e. The fraction of sp³-hybridized carbons (Fsp3) is 0.300. The predicted molar refractivity (Wildman–Crippen MR) is 108 cm³/mol. The molecular weight excluding hydrogens is 348 g/mol. The van der Waals surface area contributed by atoms with Crippen LogP contribution in [-0.4, -0.2) is 15.3 Å². The molecule has 0 unspecified atom stereocenters. The van der Waals surface area contributed by atoms with Crippen molar-refractivity contribution in [1.29, 1.82) is 0 Å². The Labute approximate surface area is 155 Å². The molecule has 128 valence electrons. The van der Waals surface area contributed by atoms with Gasteiger partial charge in [0.25, 0.3) is 5.56 Å². The van der Waals surface area contributed by atoms with Gasteiger partial charge in [-0.3, -0.25) is 9.36 Å². The molecule has 0 bridgehead atoms. The average Bonchev–Trinajstić information content (AvgIpc) is 3.02. The summed E-state index contributed by atoms with van der Waals surface area (Å²) in [6.07, 6.45) is 8.76. The number of benzene rings is 1. The van der Waals surface area contributed by atoms with Crippen LogP contribution in [-0.2, 0) is 19.9 Å². The smallest absolute Gasteiger partial charge is 0.262 e. The molecule has 0 saturated heterocycles. The summed E-state index contributed by atoms with van der Waals surface area (Å²) in [5.74, 6) is 0.797. The number of thiophene rings is 1. The molecule has 0 radical (unpaired) electrons. The van der Waals surface area contributed by atoms with Crippen LogP contribution >= 0.6 is 23.1 Å². The van der Waals surface area contributed by atoms with Gasteiger partial charge in [0.1, 0.15) is 4.83 Å². The second-order valence-electron chi connectivity index (χ2n) is 6.27. The van der Waals surface area contributed by atoms with Gasteiger partial charge in [-0.05, 0) is 36.8 Å². The zero-order valence-electron chi connectivity index (χ0n) is 14.2. The second kappa shape index (κ2) is 7.18. The molecule has 0 saturated carbocycles. The summed E-state index contributed by atoms with van der Waals surface area (Å²) in [4.78, 5) is 19.9. The van der Waals surface area contributed by atoms with Crippen molar-refractivity contribution in [1.82, 2.24) is 9.55 Å². The third kappa shape index (κ3) is 3.31. The fourth-order valence-corrected chi connectivity index (χ4v) is 5.35. The Balaban J connectivity index is 1.59. The standard InChI is InChI=1S/C20H20N2OS2/c1-22-19(23)17-15-11-5-6-12-16(15)25-18(17)21-20(22)24-13-7-10-14-8-3-2-4-9-14/h2-4,7-10H,5-6,11-13H2,1H3/b10-7+. The van der Waals surface area contributed by atoms with Gasteiger partial charge >= 0.3 is 0 Å². The van der Waals surface area contributed by atoms with Gasteiger partial charge in [-0.15, -0.1) is 11.3 Å². The first-order valence-corrected chi connectivity index (χ1v) is 10.4. The quantitative estimate of drug-likeness (QED) is 0.495. The Morgan fingerprint density at radius 1 is 1.24 bits per heavy atom. The van der Waals surface area contributed by atoms with Crippen LogP contribution in [0.4, 0.5) is 0 Å². The lowest BCUT2D eigenvalue weighted by atomic mass is 9.97. The molecule has 2 heterocycles. The summed E-state index contributed by atoms with van der Waals surface area (Å²) < 4.78 is 1.71. The first-order valence-electron chi connectivity index (χ1n) is 8.59. The van der Waals surface area contributed by atoms with Gasteiger partial charge in [0.2, 0.25) is 0 Å². The van der Waals surface area contributed by atoms with Gasteiger partial charge in [-0.2, -0.15) is 0 Å². The predicted octanol–water partition coefficient (Wildman–Crippen LogP) is 4.68.